The summed E-state index contributed by atoms with van der Waals surface area (Å²) < 4.78 is 5.45. The standard InChI is InChI=1S/C19H21NO3/c1-3-8-17-11-16(12-18(19(17)21)22-4-2)13-20-23-14-15-9-6-5-7-10-15/h3,5-7,9-13,21H,1,4,8,14H2,2H3/b20-13+. The highest BCUT2D eigenvalue weighted by Crippen LogP contribution is 2.31. The molecule has 2 rings (SSSR count). The Balaban J connectivity index is 2.08. The van der Waals surface area contributed by atoms with Crippen molar-refractivity contribution in [1.82, 2.24) is 0 Å². The third-order valence-electron chi connectivity index (χ3n) is 3.19. The molecule has 0 spiro atoms. The quantitative estimate of drug-likeness (QED) is 0.454. The van der Waals surface area contributed by atoms with Gasteiger partial charge in [0.05, 0.1) is 12.8 Å². The largest absolute Gasteiger partial charge is 0.504 e. The number of ether oxygens (including phenoxy) is 1. The van der Waals surface area contributed by atoms with Crippen LogP contribution >= 0.6 is 0 Å². The first-order chi connectivity index (χ1) is 11.2. The molecule has 0 heterocycles. The number of nitrogens with zero attached hydrogens (tertiary/aromatic N) is 1. The van der Waals surface area contributed by atoms with Gasteiger partial charge in [0.1, 0.15) is 6.61 Å². The number of phenolic OH excluding ortho intramolecular Hbond substituents is 1. The number of allylic oxidation sites excluding steroid dienone is 1. The Hall–Kier alpha value is -2.75. The predicted octanol–water partition coefficient (Wildman–Crippen LogP) is 4.07. The van der Waals surface area contributed by atoms with Crippen LogP contribution in [0.15, 0.2) is 60.3 Å². The van der Waals surface area contributed by atoms with Crippen molar-refractivity contribution < 1.29 is 14.7 Å². The van der Waals surface area contributed by atoms with Gasteiger partial charge in [0.2, 0.25) is 0 Å². The van der Waals surface area contributed by atoms with E-state index in [0.29, 0.717) is 25.4 Å². The third-order valence-corrected chi connectivity index (χ3v) is 3.19. The highest BCUT2D eigenvalue weighted by atomic mass is 16.6. The number of aromatic hydroxyl groups is 1. The molecule has 0 unspecified atom stereocenters. The summed E-state index contributed by atoms with van der Waals surface area (Å²) in [5.74, 6) is 0.588. The van der Waals surface area contributed by atoms with Crippen molar-refractivity contribution in [2.45, 2.75) is 20.0 Å². The van der Waals surface area contributed by atoms with Crippen LogP contribution in [0.5, 0.6) is 11.5 Å². The van der Waals surface area contributed by atoms with Gasteiger partial charge in [0.15, 0.2) is 11.5 Å². The zero-order valence-corrected chi connectivity index (χ0v) is 13.2. The van der Waals surface area contributed by atoms with Gasteiger partial charge in [-0.05, 0) is 31.0 Å². The second-order valence-electron chi connectivity index (χ2n) is 4.95. The van der Waals surface area contributed by atoms with Crippen LogP contribution in [0.25, 0.3) is 0 Å². The molecule has 4 heteroatoms. The smallest absolute Gasteiger partial charge is 0.161 e. The van der Waals surface area contributed by atoms with E-state index in [0.717, 1.165) is 16.7 Å². The van der Waals surface area contributed by atoms with Gasteiger partial charge in [0, 0.05) is 11.1 Å². The normalized spacial score (nSPS) is 10.7. The fraction of sp³-hybridized carbons (Fsp3) is 0.211. The van der Waals surface area contributed by atoms with E-state index in [-0.39, 0.29) is 5.75 Å². The molecule has 0 radical (unpaired) electrons. The molecule has 120 valence electrons. The Labute approximate surface area is 136 Å². The summed E-state index contributed by atoms with van der Waals surface area (Å²) in [4.78, 5) is 5.30. The number of rotatable bonds is 8. The first kappa shape index (κ1) is 16.6. The molecular formula is C19H21NO3. The topological polar surface area (TPSA) is 51.0 Å². The predicted molar refractivity (Wildman–Crippen MR) is 92.0 cm³/mol. The second kappa shape index (κ2) is 8.63. The lowest BCUT2D eigenvalue weighted by molar-refractivity contribution is 0.132. The molecule has 2 aromatic rings. The number of benzene rings is 2. The first-order valence-electron chi connectivity index (χ1n) is 7.53. The van der Waals surface area contributed by atoms with Gasteiger partial charge in [-0.2, -0.15) is 0 Å². The van der Waals surface area contributed by atoms with Crippen LogP contribution in [-0.4, -0.2) is 17.9 Å². The van der Waals surface area contributed by atoms with E-state index in [2.05, 4.69) is 11.7 Å². The van der Waals surface area contributed by atoms with Gasteiger partial charge in [0.25, 0.3) is 0 Å². The van der Waals surface area contributed by atoms with Crippen LogP contribution in [0, 0.1) is 0 Å². The molecule has 0 amide bonds. The van der Waals surface area contributed by atoms with Gasteiger partial charge < -0.3 is 14.7 Å². The Kier molecular flexibility index (Phi) is 6.24. The van der Waals surface area contributed by atoms with E-state index >= 15 is 0 Å². The van der Waals surface area contributed by atoms with E-state index in [4.69, 9.17) is 9.57 Å². The molecule has 0 bridgehead atoms. The molecule has 0 aromatic heterocycles. The number of hydrogen-bond acceptors (Lipinski definition) is 4. The summed E-state index contributed by atoms with van der Waals surface area (Å²) >= 11 is 0. The number of oxime groups is 1. The summed E-state index contributed by atoms with van der Waals surface area (Å²) in [7, 11) is 0. The lowest BCUT2D eigenvalue weighted by Crippen LogP contribution is -1.97. The highest BCUT2D eigenvalue weighted by Gasteiger charge is 2.09. The maximum absolute atomic E-state index is 10.1. The Morgan fingerprint density at radius 3 is 2.70 bits per heavy atom. The van der Waals surface area contributed by atoms with Gasteiger partial charge >= 0.3 is 0 Å². The average Bonchev–Trinajstić information content (AvgIpc) is 2.57. The molecule has 2 aromatic carbocycles. The lowest BCUT2D eigenvalue weighted by Gasteiger charge is -2.10. The molecule has 4 nitrogen and oxygen atoms in total. The fourth-order valence-corrected chi connectivity index (χ4v) is 2.12. The van der Waals surface area contributed by atoms with Crippen molar-refractivity contribution in [3.8, 4) is 11.5 Å². The van der Waals surface area contributed by atoms with Gasteiger partial charge in [-0.1, -0.05) is 41.6 Å². The van der Waals surface area contributed by atoms with E-state index < -0.39 is 0 Å². The minimum atomic E-state index is 0.147. The van der Waals surface area contributed by atoms with Crippen LogP contribution in [-0.2, 0) is 17.9 Å². The van der Waals surface area contributed by atoms with Crippen LogP contribution in [0.4, 0.5) is 0 Å². The lowest BCUT2D eigenvalue weighted by atomic mass is 10.1. The first-order valence-corrected chi connectivity index (χ1v) is 7.53. The van der Waals surface area contributed by atoms with Crippen molar-refractivity contribution >= 4 is 6.21 Å². The molecule has 1 N–H and O–H groups in total. The minimum absolute atomic E-state index is 0.147. The number of phenols is 1. The molecule has 0 atom stereocenters. The van der Waals surface area contributed by atoms with Crippen LogP contribution in [0.2, 0.25) is 0 Å². The van der Waals surface area contributed by atoms with E-state index in [1.54, 1.807) is 18.4 Å². The maximum atomic E-state index is 10.1. The summed E-state index contributed by atoms with van der Waals surface area (Å²) in [6, 6.07) is 13.4. The van der Waals surface area contributed by atoms with Crippen LogP contribution < -0.4 is 4.74 Å². The summed E-state index contributed by atoms with van der Waals surface area (Å²) in [6.45, 7) is 6.46. The monoisotopic (exact) mass is 311 g/mol. The van der Waals surface area contributed by atoms with Gasteiger partial charge in [-0.25, -0.2) is 0 Å². The average molecular weight is 311 g/mol. The van der Waals surface area contributed by atoms with Crippen molar-refractivity contribution in [1.29, 1.82) is 0 Å². The summed E-state index contributed by atoms with van der Waals surface area (Å²) in [5.41, 5.74) is 2.60. The van der Waals surface area contributed by atoms with Crippen LogP contribution in [0.1, 0.15) is 23.6 Å². The molecule has 0 saturated carbocycles. The molecule has 0 aliphatic heterocycles. The molecule has 23 heavy (non-hydrogen) atoms. The Morgan fingerprint density at radius 1 is 1.22 bits per heavy atom. The maximum Gasteiger partial charge on any atom is 0.161 e. The molecule has 0 aliphatic rings. The Morgan fingerprint density at radius 2 is 2.00 bits per heavy atom. The Bertz CT molecular complexity index is 666. The van der Waals surface area contributed by atoms with Crippen molar-refractivity contribution in [2.75, 3.05) is 6.61 Å². The fourth-order valence-electron chi connectivity index (χ4n) is 2.12. The number of hydrogen-bond donors (Lipinski definition) is 1. The summed E-state index contributed by atoms with van der Waals surface area (Å²) in [5, 5.41) is 14.1. The van der Waals surface area contributed by atoms with E-state index in [1.165, 1.54) is 0 Å². The molecule has 0 saturated heterocycles. The zero-order valence-electron chi connectivity index (χ0n) is 13.2. The molecular weight excluding hydrogens is 290 g/mol. The van der Waals surface area contributed by atoms with Gasteiger partial charge in [-0.15, -0.1) is 6.58 Å². The van der Waals surface area contributed by atoms with Crippen LogP contribution in [0.3, 0.4) is 0 Å². The third kappa shape index (κ3) is 4.88. The summed E-state index contributed by atoms with van der Waals surface area (Å²) in [6.07, 6.45) is 3.90. The molecule has 0 aliphatic carbocycles. The van der Waals surface area contributed by atoms with Gasteiger partial charge in [-0.3, -0.25) is 0 Å². The zero-order chi connectivity index (χ0) is 16.5. The minimum Gasteiger partial charge on any atom is -0.504 e. The SMILES string of the molecule is C=CCc1cc(/C=N/OCc2ccccc2)cc(OCC)c1O. The second-order valence-corrected chi connectivity index (χ2v) is 4.95. The van der Waals surface area contributed by atoms with Crippen molar-refractivity contribution in [3.05, 3.63) is 71.8 Å². The molecule has 0 fully saturated rings. The van der Waals surface area contributed by atoms with Crippen molar-refractivity contribution in [3.63, 3.8) is 0 Å². The highest BCUT2D eigenvalue weighted by molar-refractivity contribution is 5.81. The van der Waals surface area contributed by atoms with E-state index in [9.17, 15) is 5.11 Å². The van der Waals surface area contributed by atoms with Crippen molar-refractivity contribution in [2.24, 2.45) is 5.16 Å². The van der Waals surface area contributed by atoms with E-state index in [1.807, 2.05) is 43.3 Å².